The molecule has 1 atom stereocenters. The van der Waals surface area contributed by atoms with Gasteiger partial charge in [0.25, 0.3) is 0 Å². The summed E-state index contributed by atoms with van der Waals surface area (Å²) in [5.74, 6) is -3.30. The zero-order valence-corrected chi connectivity index (χ0v) is 7.66. The van der Waals surface area contributed by atoms with E-state index in [1.165, 1.54) is 0 Å². The van der Waals surface area contributed by atoms with Crippen molar-refractivity contribution >= 4 is 18.0 Å². The first-order valence-corrected chi connectivity index (χ1v) is 4.34. The first kappa shape index (κ1) is 11.8. The van der Waals surface area contributed by atoms with Crippen molar-refractivity contribution in [3.63, 3.8) is 0 Å². The Balaban J connectivity index is 3.92. The number of carboxylic acids is 1. The van der Waals surface area contributed by atoms with Crippen molar-refractivity contribution in [3.8, 4) is 0 Å². The summed E-state index contributed by atoms with van der Waals surface area (Å²) in [5.41, 5.74) is 0. The van der Waals surface area contributed by atoms with Gasteiger partial charge in [0, 0.05) is 6.42 Å². The molecule has 0 aliphatic heterocycles. The highest BCUT2D eigenvalue weighted by Gasteiger charge is 2.24. The molecule has 13 heavy (non-hydrogen) atoms. The minimum Gasteiger partial charge on any atom is -0.480 e. The first-order valence-electron chi connectivity index (χ1n) is 4.34. The van der Waals surface area contributed by atoms with Crippen molar-refractivity contribution in [1.29, 1.82) is 0 Å². The molecule has 0 fully saturated rings. The standard InChI is InChI=1S/C9H14O4/c1-2-3-4-5-8(11)7(6-10)9(12)13/h6-7H,2-5H2,1H3,(H,12,13). The Kier molecular flexibility index (Phi) is 5.76. The van der Waals surface area contributed by atoms with Crippen LogP contribution in [0.25, 0.3) is 0 Å². The normalized spacial score (nSPS) is 12.1. The summed E-state index contributed by atoms with van der Waals surface area (Å²) in [5, 5.41) is 8.45. The second-order valence-corrected chi connectivity index (χ2v) is 2.88. The molecular weight excluding hydrogens is 172 g/mol. The highest BCUT2D eigenvalue weighted by molar-refractivity contribution is 6.10. The Hall–Kier alpha value is -1.19. The summed E-state index contributed by atoms with van der Waals surface area (Å²) in [6.45, 7) is 1.98. The lowest BCUT2D eigenvalue weighted by Gasteiger charge is -2.02. The fraction of sp³-hybridized carbons (Fsp3) is 0.667. The largest absolute Gasteiger partial charge is 0.480 e. The van der Waals surface area contributed by atoms with Crippen LogP contribution in [0, 0.1) is 5.92 Å². The Labute approximate surface area is 76.9 Å². The van der Waals surface area contributed by atoms with E-state index in [9.17, 15) is 14.4 Å². The maximum Gasteiger partial charge on any atom is 0.321 e. The van der Waals surface area contributed by atoms with E-state index in [1.807, 2.05) is 6.92 Å². The first-order chi connectivity index (χ1) is 6.13. The number of aldehydes is 1. The van der Waals surface area contributed by atoms with E-state index in [1.54, 1.807) is 0 Å². The van der Waals surface area contributed by atoms with Crippen LogP contribution in [0.4, 0.5) is 0 Å². The lowest BCUT2D eigenvalue weighted by atomic mass is 10.0. The smallest absolute Gasteiger partial charge is 0.321 e. The van der Waals surface area contributed by atoms with E-state index >= 15 is 0 Å². The van der Waals surface area contributed by atoms with Gasteiger partial charge in [0.1, 0.15) is 6.29 Å². The predicted octanol–water partition coefficient (Wildman–Crippen LogP) is 1.04. The van der Waals surface area contributed by atoms with Crippen LogP contribution in [-0.2, 0) is 14.4 Å². The number of carboxylic acid groups (broad SMARTS) is 1. The molecule has 4 nitrogen and oxygen atoms in total. The van der Waals surface area contributed by atoms with Crippen molar-refractivity contribution in [3.05, 3.63) is 0 Å². The molecule has 0 radical (unpaired) electrons. The number of aliphatic carboxylic acids is 1. The SMILES string of the molecule is CCCCCC(=O)C(C=O)C(=O)O. The third-order valence-corrected chi connectivity index (χ3v) is 1.78. The van der Waals surface area contributed by atoms with Gasteiger partial charge in [0.05, 0.1) is 0 Å². The van der Waals surface area contributed by atoms with Crippen molar-refractivity contribution in [2.45, 2.75) is 32.6 Å². The molecule has 74 valence electrons. The van der Waals surface area contributed by atoms with Crippen LogP contribution in [0.2, 0.25) is 0 Å². The number of rotatable bonds is 7. The third kappa shape index (κ3) is 4.40. The minimum absolute atomic E-state index is 0.184. The maximum atomic E-state index is 11.1. The van der Waals surface area contributed by atoms with Crippen LogP contribution in [-0.4, -0.2) is 23.1 Å². The molecule has 0 aromatic rings. The summed E-state index contributed by atoms with van der Waals surface area (Å²) >= 11 is 0. The molecule has 0 saturated heterocycles. The Bertz CT molecular complexity index is 198. The van der Waals surface area contributed by atoms with Gasteiger partial charge in [0.2, 0.25) is 0 Å². The number of hydrogen-bond donors (Lipinski definition) is 1. The second-order valence-electron chi connectivity index (χ2n) is 2.88. The Morgan fingerprint density at radius 2 is 2.00 bits per heavy atom. The van der Waals surface area contributed by atoms with Gasteiger partial charge >= 0.3 is 5.97 Å². The monoisotopic (exact) mass is 186 g/mol. The average molecular weight is 186 g/mol. The lowest BCUT2D eigenvalue weighted by Crippen LogP contribution is -2.24. The predicted molar refractivity (Wildman–Crippen MR) is 46.3 cm³/mol. The quantitative estimate of drug-likeness (QED) is 0.366. The average Bonchev–Trinajstić information content (AvgIpc) is 2.05. The second kappa shape index (κ2) is 6.34. The molecule has 0 heterocycles. The Morgan fingerprint density at radius 1 is 1.38 bits per heavy atom. The molecule has 0 rings (SSSR count). The Morgan fingerprint density at radius 3 is 2.38 bits per heavy atom. The van der Waals surface area contributed by atoms with Crippen LogP contribution in [0.3, 0.4) is 0 Å². The molecule has 0 spiro atoms. The summed E-state index contributed by atoms with van der Waals surface area (Å²) in [6, 6.07) is 0. The van der Waals surface area contributed by atoms with Gasteiger partial charge in [-0.1, -0.05) is 19.8 Å². The molecule has 0 amide bonds. The van der Waals surface area contributed by atoms with Gasteiger partial charge in [-0.05, 0) is 6.42 Å². The van der Waals surface area contributed by atoms with Crippen LogP contribution in [0.15, 0.2) is 0 Å². The van der Waals surface area contributed by atoms with Crippen LogP contribution >= 0.6 is 0 Å². The lowest BCUT2D eigenvalue weighted by molar-refractivity contribution is -0.147. The van der Waals surface area contributed by atoms with Crippen molar-refractivity contribution in [2.75, 3.05) is 0 Å². The molecule has 0 aromatic carbocycles. The molecular formula is C9H14O4. The highest BCUT2D eigenvalue weighted by atomic mass is 16.4. The number of Topliss-reactive ketones (excluding diaryl/α,β-unsaturated/α-hetero) is 1. The summed E-state index contributed by atoms with van der Waals surface area (Å²) in [6.07, 6.45) is 2.89. The fourth-order valence-corrected chi connectivity index (χ4v) is 0.977. The van der Waals surface area contributed by atoms with Crippen LogP contribution in [0.1, 0.15) is 32.6 Å². The van der Waals surface area contributed by atoms with Gasteiger partial charge in [-0.15, -0.1) is 0 Å². The zero-order chi connectivity index (χ0) is 10.3. The molecule has 4 heteroatoms. The van der Waals surface area contributed by atoms with E-state index in [0.717, 1.165) is 12.8 Å². The number of hydrogen-bond acceptors (Lipinski definition) is 3. The van der Waals surface area contributed by atoms with Crippen molar-refractivity contribution < 1.29 is 19.5 Å². The zero-order valence-electron chi connectivity index (χ0n) is 7.66. The molecule has 0 aliphatic rings. The van der Waals surface area contributed by atoms with Gasteiger partial charge in [0.15, 0.2) is 11.7 Å². The van der Waals surface area contributed by atoms with Gasteiger partial charge in [-0.3, -0.25) is 9.59 Å². The fourth-order valence-electron chi connectivity index (χ4n) is 0.977. The van der Waals surface area contributed by atoms with Crippen LogP contribution < -0.4 is 0 Å². The number of carbonyl (C=O) groups is 3. The van der Waals surface area contributed by atoms with E-state index in [-0.39, 0.29) is 12.7 Å². The highest BCUT2D eigenvalue weighted by Crippen LogP contribution is 2.05. The van der Waals surface area contributed by atoms with E-state index < -0.39 is 17.7 Å². The topological polar surface area (TPSA) is 71.4 Å². The van der Waals surface area contributed by atoms with E-state index in [4.69, 9.17) is 5.11 Å². The summed E-state index contributed by atoms with van der Waals surface area (Å²) < 4.78 is 0. The maximum absolute atomic E-state index is 11.1. The van der Waals surface area contributed by atoms with Gasteiger partial charge in [-0.2, -0.15) is 0 Å². The molecule has 0 bridgehead atoms. The molecule has 0 aromatic heterocycles. The van der Waals surface area contributed by atoms with E-state index in [0.29, 0.717) is 6.42 Å². The number of unbranched alkanes of at least 4 members (excludes halogenated alkanes) is 2. The molecule has 0 aliphatic carbocycles. The van der Waals surface area contributed by atoms with Gasteiger partial charge in [-0.25, -0.2) is 0 Å². The summed E-state index contributed by atoms with van der Waals surface area (Å²) in [4.78, 5) is 31.7. The van der Waals surface area contributed by atoms with Gasteiger partial charge < -0.3 is 9.90 Å². The van der Waals surface area contributed by atoms with E-state index in [2.05, 4.69) is 0 Å². The van der Waals surface area contributed by atoms with Crippen molar-refractivity contribution in [2.24, 2.45) is 5.92 Å². The number of ketones is 1. The molecule has 1 N–H and O–H groups in total. The minimum atomic E-state index is -1.46. The number of carbonyl (C=O) groups excluding carboxylic acids is 2. The molecule has 1 unspecified atom stereocenters. The molecule has 0 saturated carbocycles. The van der Waals surface area contributed by atoms with Crippen LogP contribution in [0.5, 0.6) is 0 Å². The summed E-state index contributed by atoms with van der Waals surface area (Å²) in [7, 11) is 0. The van der Waals surface area contributed by atoms with Crippen molar-refractivity contribution in [1.82, 2.24) is 0 Å². The third-order valence-electron chi connectivity index (χ3n) is 1.78.